The van der Waals surface area contributed by atoms with Gasteiger partial charge in [0, 0.05) is 10.7 Å². The summed E-state index contributed by atoms with van der Waals surface area (Å²) in [6.07, 6.45) is 0. The third-order valence-corrected chi connectivity index (χ3v) is 4.16. The molecule has 0 fully saturated rings. The van der Waals surface area contributed by atoms with Crippen LogP contribution in [0.25, 0.3) is 0 Å². The highest BCUT2D eigenvalue weighted by Gasteiger charge is 2.16. The van der Waals surface area contributed by atoms with E-state index >= 15 is 0 Å². The molecule has 0 saturated carbocycles. The van der Waals surface area contributed by atoms with Gasteiger partial charge in [0.1, 0.15) is 0 Å². The molecule has 0 aromatic heterocycles. The van der Waals surface area contributed by atoms with Crippen LogP contribution < -0.4 is 15.4 Å². The normalized spacial score (nSPS) is 11.1. The number of anilines is 1. The zero-order valence-corrected chi connectivity index (χ0v) is 12.5. The minimum absolute atomic E-state index is 0.342. The number of nitrogens with one attached hydrogen (secondary N) is 2. The smallest absolute Gasteiger partial charge is 0.335 e. The highest BCUT2D eigenvalue weighted by Crippen LogP contribution is 2.19. The molecule has 0 bridgehead atoms. The Balaban J connectivity index is 2.21. The van der Waals surface area contributed by atoms with E-state index in [1.165, 1.54) is 0 Å². The van der Waals surface area contributed by atoms with Crippen molar-refractivity contribution in [2.45, 2.75) is 4.90 Å². The van der Waals surface area contributed by atoms with Crippen molar-refractivity contribution in [1.29, 1.82) is 0 Å². The summed E-state index contributed by atoms with van der Waals surface area (Å²) in [6.45, 7) is 0. The maximum absolute atomic E-state index is 12.1. The Bertz CT molecular complexity index is 806. The molecule has 116 valence electrons. The van der Waals surface area contributed by atoms with Crippen LogP contribution in [0, 0.1) is 0 Å². The van der Waals surface area contributed by atoms with Gasteiger partial charge in [-0.1, -0.05) is 23.4 Å². The SMILES string of the molecule is O=C(O)c1cc(S(=O)(=O)NNc2ccc(Cl)cc2)ccc1[O-]. The lowest BCUT2D eigenvalue weighted by Crippen LogP contribution is -2.29. The van der Waals surface area contributed by atoms with Crippen molar-refractivity contribution in [3.05, 3.63) is 53.1 Å². The highest BCUT2D eigenvalue weighted by atomic mass is 35.5. The zero-order valence-electron chi connectivity index (χ0n) is 10.9. The number of carboxylic acid groups (broad SMARTS) is 1. The van der Waals surface area contributed by atoms with E-state index in [9.17, 15) is 18.3 Å². The Kier molecular flexibility index (Phi) is 4.55. The molecule has 0 amide bonds. The Hall–Kier alpha value is -2.29. The molecule has 2 aromatic carbocycles. The van der Waals surface area contributed by atoms with Crippen LogP contribution in [0.5, 0.6) is 5.75 Å². The maximum Gasteiger partial charge on any atom is 0.335 e. The average Bonchev–Trinajstić information content (AvgIpc) is 2.46. The first-order valence-corrected chi connectivity index (χ1v) is 7.73. The summed E-state index contributed by atoms with van der Waals surface area (Å²) in [5.74, 6) is -2.26. The van der Waals surface area contributed by atoms with E-state index in [1.54, 1.807) is 24.3 Å². The van der Waals surface area contributed by atoms with Gasteiger partial charge in [0.05, 0.1) is 10.5 Å². The quantitative estimate of drug-likeness (QED) is 0.708. The Labute approximate surface area is 131 Å². The predicted molar refractivity (Wildman–Crippen MR) is 78.2 cm³/mol. The molecule has 0 atom stereocenters. The van der Waals surface area contributed by atoms with Crippen molar-refractivity contribution in [3.63, 3.8) is 0 Å². The number of carbonyl (C=O) groups is 1. The van der Waals surface area contributed by atoms with Crippen molar-refractivity contribution in [3.8, 4) is 5.75 Å². The van der Waals surface area contributed by atoms with Gasteiger partial charge in [-0.2, -0.15) is 0 Å². The fourth-order valence-electron chi connectivity index (χ4n) is 1.56. The topological polar surface area (TPSA) is 119 Å². The fourth-order valence-corrected chi connectivity index (χ4v) is 2.58. The van der Waals surface area contributed by atoms with Gasteiger partial charge in [-0.25, -0.2) is 13.2 Å². The number of benzene rings is 2. The largest absolute Gasteiger partial charge is 0.872 e. The second-order valence-corrected chi connectivity index (χ2v) is 6.32. The molecule has 9 heteroatoms. The number of hydrazine groups is 1. The van der Waals surface area contributed by atoms with E-state index in [1.807, 2.05) is 0 Å². The second-order valence-electron chi connectivity index (χ2n) is 4.20. The number of sulfonamides is 1. The van der Waals surface area contributed by atoms with E-state index < -0.39 is 27.3 Å². The first-order valence-electron chi connectivity index (χ1n) is 5.87. The van der Waals surface area contributed by atoms with Crippen LogP contribution in [0.1, 0.15) is 10.4 Å². The Morgan fingerprint density at radius 3 is 2.36 bits per heavy atom. The van der Waals surface area contributed by atoms with Crippen LogP contribution >= 0.6 is 11.6 Å². The molecule has 2 aromatic rings. The van der Waals surface area contributed by atoms with Gasteiger partial charge in [-0.15, -0.1) is 4.83 Å². The van der Waals surface area contributed by atoms with Crippen LogP contribution in [0.15, 0.2) is 47.4 Å². The van der Waals surface area contributed by atoms with E-state index in [0.29, 0.717) is 10.7 Å². The van der Waals surface area contributed by atoms with Crippen LogP contribution in [0.4, 0.5) is 5.69 Å². The van der Waals surface area contributed by atoms with Crippen molar-refractivity contribution in [2.24, 2.45) is 0 Å². The van der Waals surface area contributed by atoms with Gasteiger partial charge in [-0.05, 0) is 36.4 Å². The molecule has 3 N–H and O–H groups in total. The lowest BCUT2D eigenvalue weighted by atomic mass is 10.2. The van der Waals surface area contributed by atoms with Gasteiger partial charge in [0.15, 0.2) is 0 Å². The first-order chi connectivity index (χ1) is 10.3. The molecule has 0 aliphatic heterocycles. The third-order valence-electron chi connectivity index (χ3n) is 2.67. The summed E-state index contributed by atoms with van der Waals surface area (Å²) in [7, 11) is -4.04. The van der Waals surface area contributed by atoms with Crippen molar-refractivity contribution in [1.82, 2.24) is 4.83 Å². The molecule has 0 aliphatic carbocycles. The monoisotopic (exact) mass is 341 g/mol. The highest BCUT2D eigenvalue weighted by molar-refractivity contribution is 7.89. The lowest BCUT2D eigenvalue weighted by Gasteiger charge is -2.13. The van der Waals surface area contributed by atoms with Crippen molar-refractivity contribution < 1.29 is 23.4 Å². The number of hydrogen-bond acceptors (Lipinski definition) is 5. The van der Waals surface area contributed by atoms with Crippen LogP contribution in [0.2, 0.25) is 5.02 Å². The van der Waals surface area contributed by atoms with E-state index in [2.05, 4.69) is 10.3 Å². The molecule has 0 unspecified atom stereocenters. The first kappa shape index (κ1) is 16.1. The van der Waals surface area contributed by atoms with E-state index in [-0.39, 0.29) is 4.90 Å². The predicted octanol–water partition coefficient (Wildman–Crippen LogP) is 1.42. The molecule has 0 aliphatic rings. The lowest BCUT2D eigenvalue weighted by molar-refractivity contribution is -0.268. The summed E-state index contributed by atoms with van der Waals surface area (Å²) in [6, 6.07) is 8.94. The zero-order chi connectivity index (χ0) is 16.3. The van der Waals surface area contributed by atoms with Crippen LogP contribution in [-0.2, 0) is 10.0 Å². The summed E-state index contributed by atoms with van der Waals surface area (Å²) in [4.78, 5) is 12.6. The summed E-state index contributed by atoms with van der Waals surface area (Å²) >= 11 is 5.71. The summed E-state index contributed by atoms with van der Waals surface area (Å²) in [5.41, 5.74) is 2.27. The van der Waals surface area contributed by atoms with Crippen molar-refractivity contribution in [2.75, 3.05) is 5.43 Å². The number of halogens is 1. The molecular formula is C13H10ClN2O5S-. The van der Waals surface area contributed by atoms with Gasteiger partial charge in [-0.3, -0.25) is 0 Å². The standard InChI is InChI=1S/C13H11ClN2O5S/c14-8-1-3-9(4-2-8)15-16-22(20,21)10-5-6-12(17)11(7-10)13(18)19/h1-7,15-17H,(H,18,19)/p-1. The second kappa shape index (κ2) is 6.22. The van der Waals surface area contributed by atoms with Gasteiger partial charge < -0.3 is 15.6 Å². The molecule has 2 rings (SSSR count). The van der Waals surface area contributed by atoms with Crippen LogP contribution in [-0.4, -0.2) is 19.5 Å². The van der Waals surface area contributed by atoms with Gasteiger partial charge >= 0.3 is 5.97 Å². The molecule has 0 saturated heterocycles. The molecule has 0 spiro atoms. The minimum Gasteiger partial charge on any atom is -0.872 e. The molecule has 7 nitrogen and oxygen atoms in total. The summed E-state index contributed by atoms with van der Waals surface area (Å²) in [5, 5.41) is 20.7. The number of rotatable bonds is 5. The Morgan fingerprint density at radius 2 is 1.77 bits per heavy atom. The average molecular weight is 342 g/mol. The van der Waals surface area contributed by atoms with Crippen LogP contribution in [0.3, 0.4) is 0 Å². The third kappa shape index (κ3) is 3.67. The Morgan fingerprint density at radius 1 is 1.14 bits per heavy atom. The van der Waals surface area contributed by atoms with E-state index in [0.717, 1.165) is 18.2 Å². The fraction of sp³-hybridized carbons (Fsp3) is 0. The summed E-state index contributed by atoms with van der Waals surface area (Å²) < 4.78 is 24.1. The van der Waals surface area contributed by atoms with Crippen molar-refractivity contribution >= 4 is 33.3 Å². The molecular weight excluding hydrogens is 332 g/mol. The minimum atomic E-state index is -4.04. The maximum atomic E-state index is 12.1. The number of hydrogen-bond donors (Lipinski definition) is 3. The number of carboxylic acids is 1. The van der Waals surface area contributed by atoms with Gasteiger partial charge in [0.2, 0.25) is 0 Å². The van der Waals surface area contributed by atoms with Gasteiger partial charge in [0.25, 0.3) is 10.0 Å². The number of aromatic carboxylic acids is 1. The molecule has 0 heterocycles. The van der Waals surface area contributed by atoms with E-state index in [4.69, 9.17) is 16.7 Å². The molecule has 22 heavy (non-hydrogen) atoms. The molecule has 0 radical (unpaired) electrons.